The second kappa shape index (κ2) is 6.39. The predicted molar refractivity (Wildman–Crippen MR) is 76.5 cm³/mol. The van der Waals surface area contributed by atoms with Gasteiger partial charge in [-0.15, -0.1) is 0 Å². The maximum absolute atomic E-state index is 11.3. The monoisotopic (exact) mass is 273 g/mol. The lowest BCUT2D eigenvalue weighted by atomic mass is 10.1. The lowest BCUT2D eigenvalue weighted by molar-refractivity contribution is 0.0563. The van der Waals surface area contributed by atoms with Crippen LogP contribution in [0.5, 0.6) is 0 Å². The largest absolute Gasteiger partial charge is 0.463 e. The SMILES string of the molecule is COC(=O)c1ccc(CN[C@H](C)c2cccc(C)c2)o1. The van der Waals surface area contributed by atoms with Crippen LogP contribution in [-0.2, 0) is 11.3 Å². The maximum atomic E-state index is 11.3. The van der Waals surface area contributed by atoms with Crippen LogP contribution >= 0.6 is 0 Å². The molecule has 0 saturated heterocycles. The highest BCUT2D eigenvalue weighted by Crippen LogP contribution is 2.15. The van der Waals surface area contributed by atoms with Crippen molar-refractivity contribution in [3.63, 3.8) is 0 Å². The standard InChI is InChI=1S/C16H19NO3/c1-11-5-4-6-13(9-11)12(2)17-10-14-7-8-15(20-14)16(18)19-3/h4-9,12,17H,10H2,1-3H3/t12-/m1/s1. The van der Waals surface area contributed by atoms with Gasteiger partial charge >= 0.3 is 5.97 Å². The second-order valence-electron chi connectivity index (χ2n) is 4.77. The molecule has 0 unspecified atom stereocenters. The normalized spacial score (nSPS) is 12.2. The van der Waals surface area contributed by atoms with Crippen molar-refractivity contribution in [3.05, 3.63) is 59.0 Å². The van der Waals surface area contributed by atoms with Crippen LogP contribution in [0.4, 0.5) is 0 Å². The Bertz CT molecular complexity index is 589. The summed E-state index contributed by atoms with van der Waals surface area (Å²) in [6, 6.07) is 12.0. The minimum atomic E-state index is -0.456. The van der Waals surface area contributed by atoms with Crippen molar-refractivity contribution in [2.24, 2.45) is 0 Å². The van der Waals surface area contributed by atoms with E-state index in [9.17, 15) is 4.79 Å². The van der Waals surface area contributed by atoms with Crippen LogP contribution in [0.3, 0.4) is 0 Å². The van der Waals surface area contributed by atoms with Crippen LogP contribution in [0.25, 0.3) is 0 Å². The number of benzene rings is 1. The van der Waals surface area contributed by atoms with Crippen molar-refractivity contribution in [2.45, 2.75) is 26.4 Å². The van der Waals surface area contributed by atoms with Gasteiger partial charge in [0, 0.05) is 6.04 Å². The quantitative estimate of drug-likeness (QED) is 0.850. The molecule has 0 aliphatic heterocycles. The van der Waals surface area contributed by atoms with E-state index in [1.54, 1.807) is 12.1 Å². The Morgan fingerprint density at radius 2 is 2.15 bits per heavy atom. The number of hydrogen-bond donors (Lipinski definition) is 1. The zero-order valence-corrected chi connectivity index (χ0v) is 12.0. The van der Waals surface area contributed by atoms with E-state index < -0.39 is 5.97 Å². The molecule has 0 spiro atoms. The first kappa shape index (κ1) is 14.3. The molecule has 1 aromatic heterocycles. The van der Waals surface area contributed by atoms with E-state index in [2.05, 4.69) is 42.1 Å². The van der Waals surface area contributed by atoms with E-state index in [1.807, 2.05) is 6.07 Å². The van der Waals surface area contributed by atoms with E-state index >= 15 is 0 Å². The first-order valence-electron chi connectivity index (χ1n) is 6.57. The smallest absolute Gasteiger partial charge is 0.373 e. The van der Waals surface area contributed by atoms with Gasteiger partial charge in [-0.2, -0.15) is 0 Å². The molecular formula is C16H19NO3. The fourth-order valence-electron chi connectivity index (χ4n) is 1.99. The van der Waals surface area contributed by atoms with Crippen LogP contribution in [0, 0.1) is 6.92 Å². The average Bonchev–Trinajstić information content (AvgIpc) is 2.92. The molecule has 2 aromatic rings. The Kier molecular flexibility index (Phi) is 4.58. The number of carbonyl (C=O) groups is 1. The van der Waals surface area contributed by atoms with Crippen LogP contribution in [0.2, 0.25) is 0 Å². The highest BCUT2D eigenvalue weighted by atomic mass is 16.5. The van der Waals surface area contributed by atoms with Gasteiger partial charge in [0.2, 0.25) is 5.76 Å². The van der Waals surface area contributed by atoms with Crippen LogP contribution in [0.15, 0.2) is 40.8 Å². The number of methoxy groups -OCH3 is 1. The summed E-state index contributed by atoms with van der Waals surface area (Å²) in [6.45, 7) is 4.73. The molecule has 1 N–H and O–H groups in total. The molecule has 4 nitrogen and oxygen atoms in total. The summed E-state index contributed by atoms with van der Waals surface area (Å²) in [4.78, 5) is 11.3. The van der Waals surface area contributed by atoms with Crippen LogP contribution in [0.1, 0.15) is 40.4 Å². The fourth-order valence-corrected chi connectivity index (χ4v) is 1.99. The Morgan fingerprint density at radius 3 is 2.85 bits per heavy atom. The summed E-state index contributed by atoms with van der Waals surface area (Å²) in [5, 5.41) is 3.37. The Morgan fingerprint density at radius 1 is 1.35 bits per heavy atom. The van der Waals surface area contributed by atoms with Gasteiger partial charge in [0.1, 0.15) is 5.76 Å². The van der Waals surface area contributed by atoms with Crippen molar-refractivity contribution in [1.82, 2.24) is 5.32 Å². The van der Waals surface area contributed by atoms with Gasteiger partial charge in [-0.3, -0.25) is 0 Å². The van der Waals surface area contributed by atoms with Crippen LogP contribution in [-0.4, -0.2) is 13.1 Å². The Labute approximate surface area is 118 Å². The fraction of sp³-hybridized carbons (Fsp3) is 0.312. The molecule has 0 amide bonds. The number of ether oxygens (including phenoxy) is 1. The third-order valence-electron chi connectivity index (χ3n) is 3.17. The molecule has 1 atom stereocenters. The molecule has 1 aromatic carbocycles. The minimum Gasteiger partial charge on any atom is -0.463 e. The third-order valence-corrected chi connectivity index (χ3v) is 3.17. The van der Waals surface area contributed by atoms with Gasteiger partial charge in [-0.25, -0.2) is 4.79 Å². The number of furan rings is 1. The highest BCUT2D eigenvalue weighted by Gasteiger charge is 2.12. The molecule has 0 aliphatic rings. The highest BCUT2D eigenvalue weighted by molar-refractivity contribution is 5.86. The van der Waals surface area contributed by atoms with Crippen molar-refractivity contribution < 1.29 is 13.9 Å². The molecule has 0 saturated carbocycles. The lowest BCUT2D eigenvalue weighted by Crippen LogP contribution is -2.17. The van der Waals surface area contributed by atoms with Gasteiger partial charge in [-0.05, 0) is 31.5 Å². The molecule has 0 radical (unpaired) electrons. The van der Waals surface area contributed by atoms with Gasteiger partial charge in [0.25, 0.3) is 0 Å². The summed E-state index contributed by atoms with van der Waals surface area (Å²) in [7, 11) is 1.34. The predicted octanol–water partition coefficient (Wildman–Crippen LogP) is 3.23. The molecule has 2 rings (SSSR count). The number of hydrogen-bond acceptors (Lipinski definition) is 4. The van der Waals surface area contributed by atoms with Crippen LogP contribution < -0.4 is 5.32 Å². The zero-order chi connectivity index (χ0) is 14.5. The molecule has 1 heterocycles. The van der Waals surface area contributed by atoms with Crippen molar-refractivity contribution in [1.29, 1.82) is 0 Å². The summed E-state index contributed by atoms with van der Waals surface area (Å²) in [5.74, 6) is 0.486. The maximum Gasteiger partial charge on any atom is 0.373 e. The molecule has 0 bridgehead atoms. The van der Waals surface area contributed by atoms with Gasteiger partial charge in [0.05, 0.1) is 13.7 Å². The summed E-state index contributed by atoms with van der Waals surface area (Å²) < 4.78 is 10.0. The molecule has 4 heteroatoms. The van der Waals surface area contributed by atoms with E-state index in [0.29, 0.717) is 12.3 Å². The van der Waals surface area contributed by atoms with Gasteiger partial charge in [-0.1, -0.05) is 29.8 Å². The third kappa shape index (κ3) is 3.48. The second-order valence-corrected chi connectivity index (χ2v) is 4.77. The van der Waals surface area contributed by atoms with Crippen molar-refractivity contribution >= 4 is 5.97 Å². The number of aryl methyl sites for hydroxylation is 1. The van der Waals surface area contributed by atoms with E-state index in [0.717, 1.165) is 0 Å². The van der Waals surface area contributed by atoms with Crippen molar-refractivity contribution in [2.75, 3.05) is 7.11 Å². The Hall–Kier alpha value is -2.07. The van der Waals surface area contributed by atoms with Gasteiger partial charge in [0.15, 0.2) is 0 Å². The number of esters is 1. The number of carbonyl (C=O) groups excluding carboxylic acids is 1. The summed E-state index contributed by atoms with van der Waals surface area (Å²) in [5.41, 5.74) is 2.46. The number of rotatable bonds is 5. The topological polar surface area (TPSA) is 51.5 Å². The van der Waals surface area contributed by atoms with Gasteiger partial charge < -0.3 is 14.5 Å². The molecule has 106 valence electrons. The Balaban J connectivity index is 1.95. The number of nitrogens with one attached hydrogen (secondary N) is 1. The minimum absolute atomic E-state index is 0.210. The lowest BCUT2D eigenvalue weighted by Gasteiger charge is -2.13. The average molecular weight is 273 g/mol. The first-order chi connectivity index (χ1) is 9.60. The zero-order valence-electron chi connectivity index (χ0n) is 12.0. The summed E-state index contributed by atoms with van der Waals surface area (Å²) in [6.07, 6.45) is 0. The molecule has 20 heavy (non-hydrogen) atoms. The van der Waals surface area contributed by atoms with E-state index in [-0.39, 0.29) is 11.8 Å². The van der Waals surface area contributed by atoms with E-state index in [1.165, 1.54) is 18.2 Å². The molecule has 0 aliphatic carbocycles. The van der Waals surface area contributed by atoms with E-state index in [4.69, 9.17) is 4.42 Å². The summed E-state index contributed by atoms with van der Waals surface area (Å²) >= 11 is 0. The van der Waals surface area contributed by atoms with Crippen molar-refractivity contribution in [3.8, 4) is 0 Å². The molecular weight excluding hydrogens is 254 g/mol. The molecule has 0 fully saturated rings. The first-order valence-corrected chi connectivity index (χ1v) is 6.57.